The first-order chi connectivity index (χ1) is 21.1. The molecule has 1 aliphatic rings. The van der Waals surface area contributed by atoms with Gasteiger partial charge in [0, 0.05) is 11.3 Å². The lowest BCUT2D eigenvalue weighted by Gasteiger charge is -2.28. The first-order valence-electron chi connectivity index (χ1n) is 13.4. The monoisotopic (exact) mass is 626 g/mol. The van der Waals surface area contributed by atoms with Gasteiger partial charge in [-0.3, -0.25) is 5.43 Å². The first kappa shape index (κ1) is 31.9. The third-order valence-corrected chi connectivity index (χ3v) is 6.70. The summed E-state index contributed by atoms with van der Waals surface area (Å²) in [5.41, 5.74) is 4.56. The second-order valence-electron chi connectivity index (χ2n) is 9.30. The van der Waals surface area contributed by atoms with Gasteiger partial charge in [0.15, 0.2) is 17.7 Å². The fourth-order valence-corrected chi connectivity index (χ4v) is 4.55. The van der Waals surface area contributed by atoms with E-state index in [1.54, 1.807) is 62.4 Å². The van der Waals surface area contributed by atoms with Gasteiger partial charge >= 0.3 is 18.0 Å². The van der Waals surface area contributed by atoms with Crippen molar-refractivity contribution in [2.75, 3.05) is 27.4 Å². The fourth-order valence-electron chi connectivity index (χ4n) is 4.33. The van der Waals surface area contributed by atoms with Gasteiger partial charge in [-0.25, -0.2) is 14.4 Å². The maximum atomic E-state index is 12.4. The number of furan rings is 1. The zero-order valence-electron chi connectivity index (χ0n) is 24.3. The van der Waals surface area contributed by atoms with Crippen molar-refractivity contribution in [3.63, 3.8) is 0 Å². The molecule has 2 amide bonds. The van der Waals surface area contributed by atoms with E-state index in [9.17, 15) is 19.5 Å². The third kappa shape index (κ3) is 7.49. The number of allylic oxidation sites excluding steroid dienone is 1. The summed E-state index contributed by atoms with van der Waals surface area (Å²) in [5.74, 6) is 0.337. The molecular formula is C30H31ClN4O9. The minimum absolute atomic E-state index is 0.202. The predicted molar refractivity (Wildman–Crippen MR) is 159 cm³/mol. The lowest BCUT2D eigenvalue weighted by Crippen LogP contribution is -2.45. The molecule has 0 bridgehead atoms. The van der Waals surface area contributed by atoms with E-state index in [4.69, 9.17) is 35.0 Å². The van der Waals surface area contributed by atoms with Gasteiger partial charge < -0.3 is 39.1 Å². The number of aliphatic hydroxyl groups excluding tert-OH is 1. The van der Waals surface area contributed by atoms with Crippen molar-refractivity contribution >= 4 is 35.8 Å². The van der Waals surface area contributed by atoms with Crippen molar-refractivity contribution in [2.24, 2.45) is 5.10 Å². The van der Waals surface area contributed by atoms with Gasteiger partial charge in [0.2, 0.25) is 0 Å². The molecule has 0 saturated heterocycles. The number of nitrogens with one attached hydrogen (secondary N) is 3. The van der Waals surface area contributed by atoms with Crippen LogP contribution in [-0.2, 0) is 14.3 Å². The van der Waals surface area contributed by atoms with E-state index in [1.807, 2.05) is 0 Å². The lowest BCUT2D eigenvalue weighted by molar-refractivity contribution is -0.136. The van der Waals surface area contributed by atoms with Crippen LogP contribution in [0.3, 0.4) is 0 Å². The molecule has 3 aromatic rings. The summed E-state index contributed by atoms with van der Waals surface area (Å²) in [6.45, 7) is 3.52. The predicted octanol–water partition coefficient (Wildman–Crippen LogP) is 3.91. The van der Waals surface area contributed by atoms with Gasteiger partial charge in [-0.1, -0.05) is 17.7 Å². The highest BCUT2D eigenvalue weighted by molar-refractivity contribution is 6.33. The van der Waals surface area contributed by atoms with Crippen molar-refractivity contribution < 1.29 is 42.9 Å². The van der Waals surface area contributed by atoms with Crippen molar-refractivity contribution in [3.05, 3.63) is 81.7 Å². The number of methoxy groups -OCH3 is 2. The third-order valence-electron chi connectivity index (χ3n) is 6.37. The molecule has 0 radical (unpaired) electrons. The van der Waals surface area contributed by atoms with E-state index in [2.05, 4.69) is 21.2 Å². The number of carbonyl (C=O) groups is 3. The molecule has 2 heterocycles. The number of ether oxygens (including phenoxy) is 4. The number of carbonyl (C=O) groups excluding carboxylic acids is 3. The maximum Gasteiger partial charge on any atom is 0.337 e. The highest BCUT2D eigenvalue weighted by atomic mass is 35.5. The largest absolute Gasteiger partial charge is 0.490 e. The first-order valence-corrected chi connectivity index (χ1v) is 13.7. The van der Waals surface area contributed by atoms with E-state index in [0.717, 1.165) is 0 Å². The molecule has 13 nitrogen and oxygen atoms in total. The maximum absolute atomic E-state index is 12.4. The molecule has 0 saturated carbocycles. The Kier molecular flexibility index (Phi) is 10.5. The highest BCUT2D eigenvalue weighted by Crippen LogP contribution is 2.35. The zero-order chi connectivity index (χ0) is 31.8. The number of rotatable bonds is 12. The lowest BCUT2D eigenvalue weighted by atomic mass is 9.95. The van der Waals surface area contributed by atoms with Crippen LogP contribution in [0.1, 0.15) is 41.6 Å². The zero-order valence-corrected chi connectivity index (χ0v) is 25.1. The van der Waals surface area contributed by atoms with Gasteiger partial charge in [0.1, 0.15) is 18.1 Å². The van der Waals surface area contributed by atoms with Crippen molar-refractivity contribution in [1.29, 1.82) is 0 Å². The van der Waals surface area contributed by atoms with Crippen LogP contribution in [-0.4, -0.2) is 63.0 Å². The van der Waals surface area contributed by atoms with Crippen LogP contribution in [0.25, 0.3) is 11.3 Å². The van der Waals surface area contributed by atoms with Crippen molar-refractivity contribution in [3.8, 4) is 22.8 Å². The molecule has 4 N–H and O–H groups in total. The van der Waals surface area contributed by atoms with Gasteiger partial charge in [-0.15, -0.1) is 0 Å². The number of aliphatic hydroxyl groups is 1. The van der Waals surface area contributed by atoms with Crippen LogP contribution in [0.4, 0.5) is 4.79 Å². The smallest absolute Gasteiger partial charge is 0.337 e. The second kappa shape index (κ2) is 14.4. The number of amides is 2. The van der Waals surface area contributed by atoms with E-state index in [1.165, 1.54) is 20.4 Å². The fraction of sp³-hybridized carbons (Fsp3) is 0.267. The summed E-state index contributed by atoms with van der Waals surface area (Å²) < 4.78 is 26.9. The molecule has 0 aliphatic carbocycles. The highest BCUT2D eigenvalue weighted by Gasteiger charge is 2.32. The minimum atomic E-state index is -1.21. The number of urea groups is 1. The number of hydrazone groups is 1. The summed E-state index contributed by atoms with van der Waals surface area (Å²) in [6.07, 6.45) is 0.147. The van der Waals surface area contributed by atoms with Crippen LogP contribution in [0.15, 0.2) is 69.3 Å². The molecule has 1 aromatic heterocycles. The average Bonchev–Trinajstić information content (AvgIpc) is 3.48. The number of benzene rings is 2. The molecule has 14 heteroatoms. The second-order valence-corrected chi connectivity index (χ2v) is 9.71. The molecule has 0 spiro atoms. The Balaban J connectivity index is 1.40. The topological polar surface area (TPSA) is 170 Å². The Labute approximate surface area is 257 Å². The molecule has 44 heavy (non-hydrogen) atoms. The summed E-state index contributed by atoms with van der Waals surface area (Å²) in [7, 11) is 2.55. The van der Waals surface area contributed by atoms with Gasteiger partial charge in [-0.05, 0) is 61.9 Å². The quantitative estimate of drug-likeness (QED) is 0.100. The Morgan fingerprint density at radius 3 is 2.59 bits per heavy atom. The van der Waals surface area contributed by atoms with Crippen LogP contribution in [0.2, 0.25) is 5.02 Å². The van der Waals surface area contributed by atoms with Crippen molar-refractivity contribution in [1.82, 2.24) is 16.1 Å². The van der Waals surface area contributed by atoms with E-state index >= 15 is 0 Å². The van der Waals surface area contributed by atoms with Crippen LogP contribution in [0.5, 0.6) is 11.5 Å². The summed E-state index contributed by atoms with van der Waals surface area (Å²) in [4.78, 5) is 36.4. The SMILES string of the molecule is CCOc1cc([C@H]2NC(=O)NC(C)=C2C(=O)OC)ccc1OC[C@H](O)N/N=C\c1ccc(-c2cc(C(=O)OC)ccc2Cl)o1. The van der Waals surface area contributed by atoms with Crippen molar-refractivity contribution in [2.45, 2.75) is 26.1 Å². The van der Waals surface area contributed by atoms with Gasteiger partial charge in [0.05, 0.1) is 49.2 Å². The number of nitrogens with zero attached hydrogens (tertiary/aromatic N) is 1. The van der Waals surface area contributed by atoms with Gasteiger partial charge in [0.25, 0.3) is 0 Å². The van der Waals surface area contributed by atoms with E-state index in [-0.39, 0.29) is 12.2 Å². The summed E-state index contributed by atoms with van der Waals surface area (Å²) >= 11 is 6.28. The Hall–Kier alpha value is -5.01. The van der Waals surface area contributed by atoms with Crippen LogP contribution >= 0.6 is 11.6 Å². The summed E-state index contributed by atoms with van der Waals surface area (Å²) in [6, 6.07) is 11.7. The molecule has 1 aliphatic heterocycles. The molecular weight excluding hydrogens is 596 g/mol. The normalized spacial score (nSPS) is 15.3. The number of halogens is 1. The van der Waals surface area contributed by atoms with E-state index in [0.29, 0.717) is 57.0 Å². The van der Waals surface area contributed by atoms with Crippen LogP contribution in [0, 0.1) is 0 Å². The molecule has 232 valence electrons. The Morgan fingerprint density at radius 1 is 1.09 bits per heavy atom. The average molecular weight is 627 g/mol. The number of esters is 2. The number of hydrogen-bond donors (Lipinski definition) is 4. The Morgan fingerprint density at radius 2 is 1.86 bits per heavy atom. The van der Waals surface area contributed by atoms with Gasteiger partial charge in [-0.2, -0.15) is 5.10 Å². The molecule has 0 unspecified atom stereocenters. The minimum Gasteiger partial charge on any atom is -0.490 e. The Bertz CT molecular complexity index is 1600. The molecule has 0 fully saturated rings. The molecule has 2 aromatic carbocycles. The molecule has 2 atom stereocenters. The molecule has 4 rings (SSSR count). The standard InChI is InChI=1S/C30H31ClN4O9/c1-5-42-24-13-17(27-26(29(38)41-4)16(2)33-30(39)34-27)7-10-23(24)43-15-25(36)35-32-14-19-8-11-22(44-19)20-12-18(28(37)40-3)6-9-21(20)31/h6-14,25,27,35-36H,5,15H2,1-4H3,(H2,33,34,39)/b32-14-/t25-,27+/m0/s1. The number of hydrogen-bond acceptors (Lipinski definition) is 11. The summed E-state index contributed by atoms with van der Waals surface area (Å²) in [5, 5.41) is 20.1. The van der Waals surface area contributed by atoms with E-state index < -0.39 is 30.2 Å². The van der Waals surface area contributed by atoms with Crippen LogP contribution < -0.4 is 25.5 Å².